The zero-order chi connectivity index (χ0) is 21.8. The zero-order valence-electron chi connectivity index (χ0n) is 18.8. The molecule has 0 aromatic heterocycles. The van der Waals surface area contributed by atoms with Gasteiger partial charge in [-0.25, -0.2) is 0 Å². The third kappa shape index (κ3) is 10.4. The van der Waals surface area contributed by atoms with Crippen LogP contribution in [0, 0.1) is 0 Å². The Bertz CT molecular complexity index is 883. The van der Waals surface area contributed by atoms with Crippen LogP contribution in [0.15, 0.2) is 47.4 Å². The van der Waals surface area contributed by atoms with Crippen LogP contribution in [-0.4, -0.2) is 13.0 Å². The summed E-state index contributed by atoms with van der Waals surface area (Å²) in [7, 11) is -4.49. The zero-order valence-corrected chi connectivity index (χ0v) is 22.7. The Hall–Kier alpha value is -0.414. The maximum atomic E-state index is 12.0. The molecule has 2 rings (SSSR count). The molecule has 0 aliphatic rings. The van der Waals surface area contributed by atoms with Crippen molar-refractivity contribution < 1.29 is 74.2 Å². The number of ether oxygens (including phenoxy) is 1. The molecule has 0 fully saturated rings. The first-order valence-corrected chi connectivity index (χ1v) is 12.4. The molecule has 5 nitrogen and oxygen atoms in total. The summed E-state index contributed by atoms with van der Waals surface area (Å²) in [5, 5.41) is 11.9. The van der Waals surface area contributed by atoms with Crippen molar-refractivity contribution in [1.82, 2.24) is 0 Å². The third-order valence-electron chi connectivity index (χ3n) is 5.19. The van der Waals surface area contributed by atoms with Crippen molar-refractivity contribution in [3.8, 4) is 17.2 Å². The van der Waals surface area contributed by atoms with Crippen LogP contribution in [0.2, 0.25) is 0 Å². The van der Waals surface area contributed by atoms with Gasteiger partial charge in [-0.1, -0.05) is 101 Å². The van der Waals surface area contributed by atoms with E-state index in [2.05, 4.69) is 6.92 Å². The van der Waals surface area contributed by atoms with Crippen LogP contribution in [0.5, 0.6) is 17.2 Å². The number of benzene rings is 2. The summed E-state index contributed by atoms with van der Waals surface area (Å²) < 4.78 is 39.4. The Balaban J connectivity index is 0.00000480. The van der Waals surface area contributed by atoms with Gasteiger partial charge in [-0.15, -0.1) is 0 Å². The van der Waals surface area contributed by atoms with E-state index in [4.69, 9.17) is 4.74 Å². The molecule has 0 aliphatic carbocycles. The number of rotatable bonds is 14. The molecule has 7 heteroatoms. The molecule has 166 valence electrons. The molecule has 0 aliphatic heterocycles. The number of aryl methyl sites for hydroxylation is 1. The van der Waals surface area contributed by atoms with Crippen LogP contribution in [-0.2, 0) is 16.5 Å². The molecule has 2 aromatic carbocycles. The third-order valence-corrected chi connectivity index (χ3v) is 6.17. The summed E-state index contributed by atoms with van der Waals surface area (Å²) in [4.78, 5) is -0.246. The molecule has 2 aromatic rings. The van der Waals surface area contributed by atoms with Gasteiger partial charge >= 0.3 is 51.4 Å². The van der Waals surface area contributed by atoms with E-state index in [1.807, 2.05) is 0 Å². The van der Waals surface area contributed by atoms with Gasteiger partial charge in [0.1, 0.15) is 16.4 Å². The van der Waals surface area contributed by atoms with Crippen molar-refractivity contribution in [2.24, 2.45) is 0 Å². The smallest absolute Gasteiger partial charge is 0.870 e. The van der Waals surface area contributed by atoms with Crippen molar-refractivity contribution in [3.05, 3.63) is 48.0 Å². The Kier molecular flexibility index (Phi) is 14.2. The van der Waals surface area contributed by atoms with E-state index in [0.717, 1.165) is 19.3 Å². The quantitative estimate of drug-likeness (QED) is 0.259. The summed E-state index contributed by atoms with van der Waals surface area (Å²) in [5.41, 5.74) is 0.512. The second-order valence-corrected chi connectivity index (χ2v) is 9.06. The monoisotopic (exact) mass is 472 g/mol. The van der Waals surface area contributed by atoms with Crippen LogP contribution in [0.25, 0.3) is 0 Å². The minimum atomic E-state index is -4.49. The molecule has 0 unspecified atom stereocenters. The van der Waals surface area contributed by atoms with Crippen molar-refractivity contribution in [1.29, 1.82) is 0 Å². The van der Waals surface area contributed by atoms with Crippen molar-refractivity contribution in [2.75, 3.05) is 0 Å². The van der Waals surface area contributed by atoms with E-state index in [1.165, 1.54) is 63.1 Å². The normalized spacial score (nSPS) is 11.2. The van der Waals surface area contributed by atoms with Crippen molar-refractivity contribution in [3.63, 3.8) is 0 Å². The molecule has 0 spiro atoms. The van der Waals surface area contributed by atoms with Gasteiger partial charge in [0.2, 0.25) is 0 Å². The van der Waals surface area contributed by atoms with E-state index >= 15 is 0 Å². The largest absolute Gasteiger partial charge is 1.00 e. The second kappa shape index (κ2) is 15.4. The van der Waals surface area contributed by atoms with Crippen LogP contribution in [0.4, 0.5) is 0 Å². The molecule has 1 N–H and O–H groups in total. The van der Waals surface area contributed by atoms with Gasteiger partial charge in [-0.2, -0.15) is 8.42 Å². The number of hydrogen-bond acceptors (Lipinski definition) is 4. The predicted octanol–water partition coefficient (Wildman–Crippen LogP) is 3.27. The van der Waals surface area contributed by atoms with E-state index < -0.39 is 10.1 Å². The topological polar surface area (TPSA) is 86.7 Å². The van der Waals surface area contributed by atoms with E-state index in [1.54, 1.807) is 24.3 Å². The minimum Gasteiger partial charge on any atom is -0.870 e. The Morgan fingerprint density at radius 3 is 1.94 bits per heavy atom. The number of unbranched alkanes of at least 4 members (excludes halogenated alkanes) is 9. The van der Waals surface area contributed by atoms with Crippen molar-refractivity contribution >= 4 is 10.1 Å². The summed E-state index contributed by atoms with van der Waals surface area (Å²) in [6, 6.07) is 10.9. The molecule has 0 bridgehead atoms. The first-order chi connectivity index (χ1) is 14.4. The fourth-order valence-corrected chi connectivity index (χ4v) is 4.45. The van der Waals surface area contributed by atoms with Crippen molar-refractivity contribution in [2.45, 2.75) is 82.4 Å². The Morgan fingerprint density at radius 2 is 1.35 bits per heavy atom. The molecule has 0 heterocycles. The molecular weight excluding hydrogens is 439 g/mol. The fourth-order valence-electron chi connectivity index (χ4n) is 3.59. The number of hydrogen-bond donors (Lipinski definition) is 1. The van der Waals surface area contributed by atoms with Gasteiger partial charge in [-0.3, -0.25) is 4.55 Å². The summed E-state index contributed by atoms with van der Waals surface area (Å²) >= 11 is 0. The Labute approximate surface area is 229 Å². The SMILES string of the molecule is CCCCCCCCCCCCc1cccc(Oc2ccccc2[O-])c1S(=O)(=O)O.[K+]. The predicted molar refractivity (Wildman–Crippen MR) is 118 cm³/mol. The van der Waals surface area contributed by atoms with Gasteiger partial charge in [0.25, 0.3) is 10.1 Å². The van der Waals surface area contributed by atoms with Gasteiger partial charge in [-0.05, 0) is 30.5 Å². The van der Waals surface area contributed by atoms with E-state index in [9.17, 15) is 18.1 Å². The first-order valence-electron chi connectivity index (χ1n) is 11.0. The summed E-state index contributed by atoms with van der Waals surface area (Å²) in [6.45, 7) is 2.22. The van der Waals surface area contributed by atoms with Gasteiger partial charge in [0.15, 0.2) is 0 Å². The van der Waals surface area contributed by atoms with Gasteiger partial charge < -0.3 is 9.84 Å². The molecule has 0 saturated heterocycles. The molecule has 0 atom stereocenters. The minimum absolute atomic E-state index is 0. The number of para-hydroxylation sites is 2. The average molecular weight is 473 g/mol. The Morgan fingerprint density at radius 1 is 0.806 bits per heavy atom. The van der Waals surface area contributed by atoms with Crippen LogP contribution in [0.3, 0.4) is 0 Å². The summed E-state index contributed by atoms with van der Waals surface area (Å²) in [6.07, 6.45) is 12.4. The first kappa shape index (κ1) is 28.6. The molecule has 0 radical (unpaired) electrons. The average Bonchev–Trinajstić information content (AvgIpc) is 2.70. The van der Waals surface area contributed by atoms with Crippen LogP contribution >= 0.6 is 0 Å². The standard InChI is InChI=1S/C24H34O5S.K/c1-2-3-4-5-6-7-8-9-10-11-15-20-16-14-19-23(24(20)30(26,27)28)29-22-18-13-12-17-21(22)25;/h12-14,16-19,25H,2-11,15H2,1H3,(H,26,27,28);/q;+1/p-1. The molecule has 0 saturated carbocycles. The maximum absolute atomic E-state index is 12.0. The molecular formula is C24H33KO5S. The van der Waals surface area contributed by atoms with Crippen LogP contribution < -0.4 is 61.2 Å². The van der Waals surface area contributed by atoms with Crippen LogP contribution in [0.1, 0.15) is 76.7 Å². The maximum Gasteiger partial charge on any atom is 1.00 e. The van der Waals surface area contributed by atoms with E-state index in [0.29, 0.717) is 12.0 Å². The van der Waals surface area contributed by atoms with E-state index in [-0.39, 0.29) is 73.5 Å². The van der Waals surface area contributed by atoms with Gasteiger partial charge in [0, 0.05) is 0 Å². The van der Waals surface area contributed by atoms with Gasteiger partial charge in [0.05, 0.1) is 0 Å². The molecule has 0 amide bonds. The molecule has 31 heavy (non-hydrogen) atoms. The fraction of sp³-hybridized carbons (Fsp3) is 0.500. The summed E-state index contributed by atoms with van der Waals surface area (Å²) in [5.74, 6) is -0.345. The second-order valence-electron chi connectivity index (χ2n) is 7.70.